The van der Waals surface area contributed by atoms with Gasteiger partial charge in [-0.2, -0.15) is 0 Å². The summed E-state index contributed by atoms with van der Waals surface area (Å²) in [6.07, 6.45) is 2.87. The Balaban J connectivity index is 1.58. The summed E-state index contributed by atoms with van der Waals surface area (Å²) >= 11 is 0. The number of piperazine rings is 1. The summed E-state index contributed by atoms with van der Waals surface area (Å²) in [7, 11) is 2.21. The molecule has 2 aliphatic heterocycles. The van der Waals surface area contributed by atoms with E-state index in [0.717, 1.165) is 19.5 Å². The van der Waals surface area contributed by atoms with Gasteiger partial charge in [-0.3, -0.25) is 4.90 Å². The molecule has 3 rings (SSSR count). The Kier molecular flexibility index (Phi) is 3.37. The first-order valence-electron chi connectivity index (χ1n) is 6.89. The molecule has 1 saturated heterocycles. The molecule has 100 valence electrons. The second kappa shape index (κ2) is 4.99. The van der Waals surface area contributed by atoms with E-state index in [1.165, 1.54) is 31.0 Å². The van der Waals surface area contributed by atoms with E-state index >= 15 is 0 Å². The Hall–Kier alpha value is -0.910. The predicted octanol–water partition coefficient (Wildman–Crippen LogP) is 0.0599. The maximum Gasteiger partial charge on any atom is 0.0925 e. The molecule has 2 unspecified atom stereocenters. The largest absolute Gasteiger partial charge is 0.347 e. The van der Waals surface area contributed by atoms with Crippen molar-refractivity contribution in [1.82, 2.24) is 25.1 Å². The van der Waals surface area contributed by atoms with Crippen molar-refractivity contribution in [3.8, 4) is 0 Å². The van der Waals surface area contributed by atoms with Crippen molar-refractivity contribution >= 4 is 0 Å². The third kappa shape index (κ3) is 2.43. The van der Waals surface area contributed by atoms with Gasteiger partial charge in [0.05, 0.1) is 17.7 Å². The van der Waals surface area contributed by atoms with Crippen LogP contribution in [-0.4, -0.2) is 65.1 Å². The van der Waals surface area contributed by atoms with Crippen molar-refractivity contribution in [2.75, 3.05) is 33.2 Å². The van der Waals surface area contributed by atoms with Gasteiger partial charge in [0.15, 0.2) is 0 Å². The highest BCUT2D eigenvalue weighted by atomic mass is 15.3. The number of nitrogens with zero attached hydrogens (tertiary/aromatic N) is 3. The zero-order valence-electron chi connectivity index (χ0n) is 11.3. The monoisotopic (exact) mass is 249 g/mol. The van der Waals surface area contributed by atoms with Gasteiger partial charge in [-0.25, -0.2) is 4.98 Å². The quantitative estimate of drug-likeness (QED) is 0.778. The van der Waals surface area contributed by atoms with E-state index in [-0.39, 0.29) is 0 Å². The first kappa shape index (κ1) is 12.1. The number of nitrogens with one attached hydrogen (secondary N) is 2. The van der Waals surface area contributed by atoms with E-state index in [1.54, 1.807) is 0 Å². The number of aromatic nitrogens is 2. The van der Waals surface area contributed by atoms with Gasteiger partial charge in [0.2, 0.25) is 0 Å². The number of hydrogen-bond donors (Lipinski definition) is 2. The van der Waals surface area contributed by atoms with Crippen LogP contribution in [0.5, 0.6) is 0 Å². The topological polar surface area (TPSA) is 47.2 Å². The molecule has 18 heavy (non-hydrogen) atoms. The van der Waals surface area contributed by atoms with Gasteiger partial charge in [0.25, 0.3) is 0 Å². The van der Waals surface area contributed by atoms with Crippen LogP contribution < -0.4 is 5.32 Å². The highest BCUT2D eigenvalue weighted by Gasteiger charge is 2.26. The maximum atomic E-state index is 4.41. The van der Waals surface area contributed by atoms with Gasteiger partial charge in [0.1, 0.15) is 0 Å². The summed E-state index contributed by atoms with van der Waals surface area (Å²) in [5.74, 6) is 0. The van der Waals surface area contributed by atoms with Gasteiger partial charge in [0, 0.05) is 51.2 Å². The molecule has 0 radical (unpaired) electrons. The lowest BCUT2D eigenvalue weighted by molar-refractivity contribution is 0.0891. The molecule has 0 aliphatic carbocycles. The molecule has 0 saturated carbocycles. The van der Waals surface area contributed by atoms with E-state index in [0.29, 0.717) is 12.1 Å². The molecule has 5 nitrogen and oxygen atoms in total. The van der Waals surface area contributed by atoms with Crippen molar-refractivity contribution in [2.45, 2.75) is 32.0 Å². The zero-order valence-corrected chi connectivity index (χ0v) is 11.3. The minimum atomic E-state index is 0.548. The number of aromatic amines is 1. The lowest BCUT2D eigenvalue weighted by Gasteiger charge is -2.40. The van der Waals surface area contributed by atoms with E-state index in [2.05, 4.69) is 39.1 Å². The molecule has 2 aliphatic rings. The fourth-order valence-corrected chi connectivity index (χ4v) is 3.09. The molecule has 0 amide bonds. The molecule has 1 fully saturated rings. The molecule has 5 heteroatoms. The fourth-order valence-electron chi connectivity index (χ4n) is 3.09. The summed E-state index contributed by atoms with van der Waals surface area (Å²) in [6, 6.07) is 1.21. The molecule has 3 heterocycles. The number of hydrogen-bond acceptors (Lipinski definition) is 4. The molecule has 0 spiro atoms. The number of imidazole rings is 1. The first-order chi connectivity index (χ1) is 8.72. The second-order valence-corrected chi connectivity index (χ2v) is 5.72. The standard InChI is InChI=1S/C13H23N5/c1-10-7-17(2)3-4-18(10)8-11-5-12-13(6-14-11)16-9-15-12/h9-11,14H,3-8H2,1-2H3,(H,15,16). The average Bonchev–Trinajstić information content (AvgIpc) is 2.80. The summed E-state index contributed by atoms with van der Waals surface area (Å²) in [4.78, 5) is 12.6. The van der Waals surface area contributed by atoms with Crippen molar-refractivity contribution < 1.29 is 0 Å². The van der Waals surface area contributed by atoms with Crippen LogP contribution in [0, 0.1) is 0 Å². The summed E-state index contributed by atoms with van der Waals surface area (Å²) in [5.41, 5.74) is 2.51. The normalized spacial score (nSPS) is 30.3. The van der Waals surface area contributed by atoms with Gasteiger partial charge in [-0.1, -0.05) is 0 Å². The predicted molar refractivity (Wildman–Crippen MR) is 71.5 cm³/mol. The van der Waals surface area contributed by atoms with Crippen molar-refractivity contribution in [3.05, 3.63) is 17.7 Å². The Morgan fingerprint density at radius 1 is 1.44 bits per heavy atom. The van der Waals surface area contributed by atoms with Crippen LogP contribution >= 0.6 is 0 Å². The molecule has 1 aromatic rings. The number of rotatable bonds is 2. The van der Waals surface area contributed by atoms with Crippen LogP contribution in [0.15, 0.2) is 6.33 Å². The fraction of sp³-hybridized carbons (Fsp3) is 0.769. The first-order valence-corrected chi connectivity index (χ1v) is 6.89. The van der Waals surface area contributed by atoms with Gasteiger partial charge >= 0.3 is 0 Å². The molecule has 0 aromatic carbocycles. The summed E-state index contributed by atoms with van der Waals surface area (Å²) in [5, 5.41) is 3.61. The number of likely N-dealkylation sites (N-methyl/N-ethyl adjacent to an activating group) is 1. The summed E-state index contributed by atoms with van der Waals surface area (Å²) in [6.45, 7) is 7.95. The van der Waals surface area contributed by atoms with Crippen molar-refractivity contribution in [2.24, 2.45) is 0 Å². The molecular weight excluding hydrogens is 226 g/mol. The highest BCUT2D eigenvalue weighted by Crippen LogP contribution is 2.15. The third-order valence-corrected chi connectivity index (χ3v) is 4.24. The average molecular weight is 249 g/mol. The Morgan fingerprint density at radius 3 is 3.17 bits per heavy atom. The van der Waals surface area contributed by atoms with Gasteiger partial charge in [-0.05, 0) is 14.0 Å². The molecule has 1 aromatic heterocycles. The van der Waals surface area contributed by atoms with Crippen LogP contribution in [0.2, 0.25) is 0 Å². The second-order valence-electron chi connectivity index (χ2n) is 5.72. The number of H-pyrrole nitrogens is 1. The van der Waals surface area contributed by atoms with Crippen LogP contribution in [0.3, 0.4) is 0 Å². The van der Waals surface area contributed by atoms with Crippen LogP contribution in [-0.2, 0) is 13.0 Å². The van der Waals surface area contributed by atoms with Crippen molar-refractivity contribution in [3.63, 3.8) is 0 Å². The Morgan fingerprint density at radius 2 is 2.33 bits per heavy atom. The molecule has 0 bridgehead atoms. The highest BCUT2D eigenvalue weighted by molar-refractivity contribution is 5.16. The maximum absolute atomic E-state index is 4.41. The SMILES string of the molecule is CC1CN(C)CCN1CC1Cc2nc[nH]c2CN1. The molecule has 2 N–H and O–H groups in total. The lowest BCUT2D eigenvalue weighted by atomic mass is 10.0. The van der Waals surface area contributed by atoms with Crippen molar-refractivity contribution in [1.29, 1.82) is 0 Å². The molecule has 2 atom stereocenters. The summed E-state index contributed by atoms with van der Waals surface area (Å²) < 4.78 is 0. The minimum absolute atomic E-state index is 0.548. The van der Waals surface area contributed by atoms with E-state index in [4.69, 9.17) is 0 Å². The van der Waals surface area contributed by atoms with Crippen LogP contribution in [0.4, 0.5) is 0 Å². The van der Waals surface area contributed by atoms with E-state index in [9.17, 15) is 0 Å². The lowest BCUT2D eigenvalue weighted by Crippen LogP contribution is -2.55. The van der Waals surface area contributed by atoms with Crippen LogP contribution in [0.25, 0.3) is 0 Å². The van der Waals surface area contributed by atoms with Gasteiger partial charge in [-0.15, -0.1) is 0 Å². The van der Waals surface area contributed by atoms with E-state index < -0.39 is 0 Å². The van der Waals surface area contributed by atoms with Gasteiger partial charge < -0.3 is 15.2 Å². The number of fused-ring (bicyclic) bond motifs is 1. The van der Waals surface area contributed by atoms with E-state index in [1.807, 2.05) is 6.33 Å². The zero-order chi connectivity index (χ0) is 12.5. The Bertz CT molecular complexity index is 402. The smallest absolute Gasteiger partial charge is 0.0925 e. The third-order valence-electron chi connectivity index (χ3n) is 4.24. The Labute approximate surface area is 109 Å². The minimum Gasteiger partial charge on any atom is -0.347 e. The molecular formula is C13H23N5. The van der Waals surface area contributed by atoms with Crippen LogP contribution in [0.1, 0.15) is 18.3 Å².